The van der Waals surface area contributed by atoms with Crippen LogP contribution in [0.5, 0.6) is 0 Å². The van der Waals surface area contributed by atoms with E-state index in [0.717, 1.165) is 31.0 Å². The molecule has 0 saturated heterocycles. The van der Waals surface area contributed by atoms with Crippen LogP contribution in [0, 0.1) is 0 Å². The molecule has 0 aliphatic carbocycles. The Kier molecular flexibility index (Phi) is 3.87. The fraction of sp³-hybridized carbons (Fsp3) is 0. The highest BCUT2D eigenvalue weighted by Crippen LogP contribution is 2.37. The van der Waals surface area contributed by atoms with E-state index in [1.807, 2.05) is 78.9 Å². The molecule has 1 atom stereocenters. The zero-order valence-corrected chi connectivity index (χ0v) is 15.1. The third-order valence-corrected chi connectivity index (χ3v) is 6.82. The molecule has 0 bridgehead atoms. The van der Waals surface area contributed by atoms with E-state index in [1.165, 1.54) is 0 Å². The lowest BCUT2D eigenvalue weighted by atomic mass is 9.99. The summed E-state index contributed by atoms with van der Waals surface area (Å²) in [6.45, 7) is 0. The van der Waals surface area contributed by atoms with Crippen LogP contribution in [0.4, 0.5) is 0 Å². The number of rotatable bonds is 2. The van der Waals surface area contributed by atoms with Crippen molar-refractivity contribution in [1.29, 1.82) is 0 Å². The molecule has 4 rings (SSSR count). The van der Waals surface area contributed by atoms with Crippen LogP contribution >= 0.6 is 15.9 Å². The average Bonchev–Trinajstić information content (AvgIpc) is 2.64. The van der Waals surface area contributed by atoms with Crippen LogP contribution in [0.25, 0.3) is 5.57 Å². The summed E-state index contributed by atoms with van der Waals surface area (Å²) in [5, 5.41) is 0. The van der Waals surface area contributed by atoms with Gasteiger partial charge in [-0.1, -0.05) is 64.5 Å². The molecule has 0 spiro atoms. The highest BCUT2D eigenvalue weighted by molar-refractivity contribution is 9.10. The highest BCUT2D eigenvalue weighted by atomic mass is 79.9. The Bertz CT molecular complexity index is 1050. The molecule has 0 saturated carbocycles. The van der Waals surface area contributed by atoms with E-state index in [-0.39, 0.29) is 0 Å². The average molecular weight is 396 g/mol. The summed E-state index contributed by atoms with van der Waals surface area (Å²) in [5.74, 6) is 0. The van der Waals surface area contributed by atoms with Gasteiger partial charge in [0.1, 0.15) is 9.73 Å². The number of benzene rings is 3. The zero-order valence-electron chi connectivity index (χ0n) is 12.7. The minimum Gasteiger partial charge on any atom is -0.239 e. The van der Waals surface area contributed by atoms with Crippen molar-refractivity contribution in [1.82, 2.24) is 0 Å². The van der Waals surface area contributed by atoms with Gasteiger partial charge in [0.15, 0.2) is 0 Å². The van der Waals surface area contributed by atoms with Gasteiger partial charge < -0.3 is 0 Å². The third-order valence-electron chi connectivity index (χ3n) is 4.02. The Hall–Kier alpha value is -2.17. The van der Waals surface area contributed by atoms with Crippen LogP contribution in [0.1, 0.15) is 11.1 Å². The first-order chi connectivity index (χ1) is 11.7. The first kappa shape index (κ1) is 15.4. The second-order valence-electron chi connectivity index (χ2n) is 5.49. The van der Waals surface area contributed by atoms with Gasteiger partial charge in [0.05, 0.1) is 9.79 Å². The molecule has 3 aromatic rings. The van der Waals surface area contributed by atoms with Gasteiger partial charge in [-0.25, -0.2) is 4.21 Å². The van der Waals surface area contributed by atoms with E-state index in [9.17, 15) is 4.21 Å². The van der Waals surface area contributed by atoms with Crippen molar-refractivity contribution in [2.24, 2.45) is 4.36 Å². The summed E-state index contributed by atoms with van der Waals surface area (Å²) in [6.07, 6.45) is 1.75. The predicted molar refractivity (Wildman–Crippen MR) is 101 cm³/mol. The lowest BCUT2D eigenvalue weighted by Crippen LogP contribution is -2.08. The first-order valence-electron chi connectivity index (χ1n) is 7.55. The quantitative estimate of drug-likeness (QED) is 0.543. The van der Waals surface area contributed by atoms with Crippen LogP contribution in [-0.4, -0.2) is 4.21 Å². The van der Waals surface area contributed by atoms with Crippen molar-refractivity contribution < 1.29 is 4.21 Å². The molecule has 1 heterocycles. The Morgan fingerprint density at radius 2 is 1.46 bits per heavy atom. The zero-order chi connectivity index (χ0) is 16.6. The van der Waals surface area contributed by atoms with E-state index < -0.39 is 9.73 Å². The lowest BCUT2D eigenvalue weighted by Gasteiger charge is -2.20. The number of hydrogen-bond acceptors (Lipinski definition) is 2. The van der Waals surface area contributed by atoms with Gasteiger partial charge in [-0.05, 0) is 35.9 Å². The Morgan fingerprint density at radius 3 is 2.21 bits per heavy atom. The fourth-order valence-corrected chi connectivity index (χ4v) is 5.11. The smallest absolute Gasteiger partial charge is 0.109 e. The Morgan fingerprint density at radius 1 is 0.792 bits per heavy atom. The van der Waals surface area contributed by atoms with Crippen molar-refractivity contribution in [2.75, 3.05) is 0 Å². The van der Waals surface area contributed by atoms with Crippen LogP contribution < -0.4 is 0 Å². The van der Waals surface area contributed by atoms with E-state index in [2.05, 4.69) is 20.3 Å². The number of hydrogen-bond donors (Lipinski definition) is 0. The highest BCUT2D eigenvalue weighted by Gasteiger charge is 2.24. The van der Waals surface area contributed by atoms with Crippen LogP contribution in [0.3, 0.4) is 0 Å². The molecule has 1 unspecified atom stereocenters. The van der Waals surface area contributed by atoms with Gasteiger partial charge in [0.25, 0.3) is 0 Å². The van der Waals surface area contributed by atoms with Crippen LogP contribution in [-0.2, 0) is 9.73 Å². The van der Waals surface area contributed by atoms with Crippen molar-refractivity contribution >= 4 is 31.2 Å². The minimum atomic E-state index is -2.64. The molecular formula is C20H14BrNOS. The second-order valence-corrected chi connectivity index (χ2v) is 8.58. The standard InChI is InChI=1S/C20H14BrNOS/c21-16-12-10-15(11-13-16)19-14-22-24(23,17-6-2-1-3-7-17)20-9-5-4-8-18(19)20/h1-14H. The summed E-state index contributed by atoms with van der Waals surface area (Å²) >= 11 is 3.46. The second kappa shape index (κ2) is 6.04. The lowest BCUT2D eigenvalue weighted by molar-refractivity contribution is 0.676. The van der Waals surface area contributed by atoms with Gasteiger partial charge in [-0.3, -0.25) is 0 Å². The first-order valence-corrected chi connectivity index (χ1v) is 9.86. The van der Waals surface area contributed by atoms with Crippen molar-refractivity contribution in [3.8, 4) is 0 Å². The summed E-state index contributed by atoms with van der Waals surface area (Å²) in [7, 11) is -2.64. The molecule has 3 aromatic carbocycles. The third kappa shape index (κ3) is 2.52. The maximum atomic E-state index is 13.6. The molecule has 0 radical (unpaired) electrons. The summed E-state index contributed by atoms with van der Waals surface area (Å²) in [4.78, 5) is 1.51. The van der Waals surface area contributed by atoms with Gasteiger partial charge in [-0.2, -0.15) is 4.36 Å². The SMILES string of the molecule is O=S1(c2ccccc2)=NC=C(c2ccc(Br)cc2)c2ccccc21. The van der Waals surface area contributed by atoms with Crippen LogP contribution in [0.2, 0.25) is 0 Å². The number of nitrogens with zero attached hydrogens (tertiary/aromatic N) is 1. The normalized spacial score (nSPS) is 19.1. The molecule has 1 aliphatic heterocycles. The molecule has 0 N–H and O–H groups in total. The molecule has 4 heteroatoms. The van der Waals surface area contributed by atoms with Gasteiger partial charge in [-0.15, -0.1) is 0 Å². The van der Waals surface area contributed by atoms with E-state index in [1.54, 1.807) is 6.20 Å². The number of halogens is 1. The molecule has 0 aromatic heterocycles. The van der Waals surface area contributed by atoms with Gasteiger partial charge >= 0.3 is 0 Å². The largest absolute Gasteiger partial charge is 0.239 e. The van der Waals surface area contributed by atoms with Crippen molar-refractivity contribution in [2.45, 2.75) is 9.79 Å². The summed E-state index contributed by atoms with van der Waals surface area (Å²) in [6, 6.07) is 25.4. The van der Waals surface area contributed by atoms with Crippen molar-refractivity contribution in [3.63, 3.8) is 0 Å². The Balaban J connectivity index is 1.98. The topological polar surface area (TPSA) is 29.4 Å². The minimum absolute atomic E-state index is 0.739. The van der Waals surface area contributed by atoms with Crippen LogP contribution in [0.15, 0.2) is 104 Å². The molecule has 1 aliphatic rings. The maximum Gasteiger partial charge on any atom is 0.109 e. The van der Waals surface area contributed by atoms with Gasteiger partial charge in [0, 0.05) is 21.8 Å². The van der Waals surface area contributed by atoms with Gasteiger partial charge in [0.2, 0.25) is 0 Å². The molecule has 2 nitrogen and oxygen atoms in total. The number of fused-ring (bicyclic) bond motifs is 1. The summed E-state index contributed by atoms with van der Waals surface area (Å²) < 4.78 is 19.2. The maximum absolute atomic E-state index is 13.6. The predicted octanol–water partition coefficient (Wildman–Crippen LogP) is 5.74. The molecule has 0 amide bonds. The fourth-order valence-electron chi connectivity index (χ4n) is 2.84. The van der Waals surface area contributed by atoms with E-state index >= 15 is 0 Å². The van der Waals surface area contributed by atoms with E-state index in [4.69, 9.17) is 0 Å². The summed E-state index contributed by atoms with van der Waals surface area (Å²) in [5.41, 5.74) is 3.03. The molecule has 118 valence electrons. The molecular weight excluding hydrogens is 382 g/mol. The van der Waals surface area contributed by atoms with Crippen molar-refractivity contribution in [3.05, 3.63) is 101 Å². The van der Waals surface area contributed by atoms with E-state index in [0.29, 0.717) is 0 Å². The monoisotopic (exact) mass is 395 g/mol. The molecule has 24 heavy (non-hydrogen) atoms. The molecule has 0 fully saturated rings. The Labute approximate surface area is 150 Å².